The van der Waals surface area contributed by atoms with Crippen LogP contribution in [0.4, 0.5) is 0 Å². The van der Waals surface area contributed by atoms with Gasteiger partial charge in [-0.3, -0.25) is 4.90 Å². The third-order valence-corrected chi connectivity index (χ3v) is 7.91. The summed E-state index contributed by atoms with van der Waals surface area (Å²) in [7, 11) is 8.48. The first-order valence-corrected chi connectivity index (χ1v) is 12.6. The van der Waals surface area contributed by atoms with Crippen molar-refractivity contribution in [3.05, 3.63) is 58.1 Å². The summed E-state index contributed by atoms with van der Waals surface area (Å²) in [6.45, 7) is 0.853. The maximum Gasteiger partial charge on any atom is 0.342 e. The summed E-state index contributed by atoms with van der Waals surface area (Å²) in [6, 6.07) is 7.61. The van der Waals surface area contributed by atoms with E-state index in [4.69, 9.17) is 33.2 Å². The van der Waals surface area contributed by atoms with E-state index in [1.807, 2.05) is 31.3 Å². The zero-order chi connectivity index (χ0) is 26.6. The number of benzene rings is 2. The molecular formula is C29H31NO8. The second kappa shape index (κ2) is 9.47. The molecule has 0 spiro atoms. The van der Waals surface area contributed by atoms with Crippen LogP contribution in [0.25, 0.3) is 11.1 Å². The summed E-state index contributed by atoms with van der Waals surface area (Å²) in [5.41, 5.74) is 5.32. The van der Waals surface area contributed by atoms with Gasteiger partial charge in [0.2, 0.25) is 12.5 Å². The van der Waals surface area contributed by atoms with E-state index < -0.39 is 12.1 Å². The minimum absolute atomic E-state index is 0.0988. The van der Waals surface area contributed by atoms with Crippen molar-refractivity contribution in [2.75, 3.05) is 48.8 Å². The minimum atomic E-state index is -0.516. The molecule has 9 nitrogen and oxygen atoms in total. The number of carbonyl (C=O) groups excluding carboxylic acids is 1. The highest BCUT2D eigenvalue weighted by molar-refractivity contribution is 5.97. The molecule has 6 rings (SSSR count). The molecule has 2 unspecified atom stereocenters. The van der Waals surface area contributed by atoms with Crippen LogP contribution >= 0.6 is 0 Å². The highest BCUT2D eigenvalue weighted by atomic mass is 16.7. The molecule has 0 fully saturated rings. The Kier molecular flexibility index (Phi) is 6.10. The van der Waals surface area contributed by atoms with Gasteiger partial charge in [0.05, 0.1) is 34.5 Å². The Hall–Kier alpha value is -3.85. The molecule has 0 N–H and O–H groups in total. The van der Waals surface area contributed by atoms with Crippen molar-refractivity contribution in [3.8, 4) is 34.1 Å². The third kappa shape index (κ3) is 3.52. The van der Waals surface area contributed by atoms with Gasteiger partial charge in [-0.15, -0.1) is 0 Å². The van der Waals surface area contributed by atoms with Gasteiger partial charge >= 0.3 is 5.97 Å². The van der Waals surface area contributed by atoms with Crippen molar-refractivity contribution in [1.82, 2.24) is 4.90 Å². The van der Waals surface area contributed by atoms with Gasteiger partial charge in [-0.2, -0.15) is 0 Å². The molecule has 3 heterocycles. The van der Waals surface area contributed by atoms with E-state index in [2.05, 4.69) is 4.90 Å². The third-order valence-electron chi connectivity index (χ3n) is 7.91. The van der Waals surface area contributed by atoms with Crippen molar-refractivity contribution in [1.29, 1.82) is 0 Å². The van der Waals surface area contributed by atoms with Crippen molar-refractivity contribution in [2.24, 2.45) is 0 Å². The lowest BCUT2D eigenvalue weighted by molar-refractivity contribution is -0.142. The number of allylic oxidation sites excluding steroid dienone is 1. The second-order valence-corrected chi connectivity index (χ2v) is 9.66. The molecule has 0 bridgehead atoms. The van der Waals surface area contributed by atoms with E-state index in [-0.39, 0.29) is 12.8 Å². The van der Waals surface area contributed by atoms with Gasteiger partial charge in [-0.25, -0.2) is 4.79 Å². The molecule has 2 aromatic carbocycles. The number of likely N-dealkylation sites (N-methyl/N-ethyl adjacent to an activating group) is 1. The largest absolute Gasteiger partial charge is 0.497 e. The number of carbonyl (C=O) groups is 1. The van der Waals surface area contributed by atoms with Gasteiger partial charge in [-0.1, -0.05) is 12.1 Å². The average Bonchev–Trinajstić information content (AvgIpc) is 3.55. The Morgan fingerprint density at radius 1 is 0.947 bits per heavy atom. The molecule has 0 radical (unpaired) electrons. The van der Waals surface area contributed by atoms with Crippen molar-refractivity contribution >= 4 is 5.97 Å². The fourth-order valence-electron chi connectivity index (χ4n) is 6.24. The number of hydrogen-bond acceptors (Lipinski definition) is 9. The Balaban J connectivity index is 1.58. The molecule has 200 valence electrons. The first-order chi connectivity index (χ1) is 18.5. The molecule has 38 heavy (non-hydrogen) atoms. The summed E-state index contributed by atoms with van der Waals surface area (Å²) < 4.78 is 40.8. The number of hydrogen-bond donors (Lipinski definition) is 0. The van der Waals surface area contributed by atoms with Crippen molar-refractivity contribution < 1.29 is 38.0 Å². The molecule has 1 aliphatic carbocycles. The van der Waals surface area contributed by atoms with Gasteiger partial charge in [-0.05, 0) is 48.7 Å². The van der Waals surface area contributed by atoms with Gasteiger partial charge < -0.3 is 33.2 Å². The molecule has 0 amide bonds. The SMILES string of the molecule is COC1=C(OC)C2=C(CC1)C(C1c3c(c(-c4cccc(OC)c4)c4c(c3OC)OCO4)CCN1C)OC2=O. The summed E-state index contributed by atoms with van der Waals surface area (Å²) >= 11 is 0. The molecule has 4 aliphatic rings. The van der Waals surface area contributed by atoms with Crippen molar-refractivity contribution in [2.45, 2.75) is 31.4 Å². The molecule has 2 atom stereocenters. The van der Waals surface area contributed by atoms with E-state index >= 15 is 0 Å². The fourth-order valence-corrected chi connectivity index (χ4v) is 6.24. The summed E-state index contributed by atoms with van der Waals surface area (Å²) in [5.74, 6) is 3.29. The topological polar surface area (TPSA) is 84.9 Å². The minimum Gasteiger partial charge on any atom is -0.497 e. The number of rotatable bonds is 6. The van der Waals surface area contributed by atoms with Crippen LogP contribution in [0.15, 0.2) is 46.9 Å². The van der Waals surface area contributed by atoms with E-state index in [1.165, 1.54) is 0 Å². The van der Waals surface area contributed by atoms with Gasteiger partial charge in [0.1, 0.15) is 23.2 Å². The lowest BCUT2D eigenvalue weighted by Crippen LogP contribution is -2.41. The Morgan fingerprint density at radius 2 is 1.76 bits per heavy atom. The standard InChI is InChI=1S/C29H31NO8/c1-30-12-11-17-20(15-7-6-8-16(13-15)32-2)27-28(37-14-36-27)26(35-5)21(17)23(30)24-18-9-10-19(33-3)25(34-4)22(18)29(31)38-24/h6-8,13,23-24H,9-12,14H2,1-5H3. The predicted molar refractivity (Wildman–Crippen MR) is 137 cm³/mol. The lowest BCUT2D eigenvalue weighted by atomic mass is 9.80. The highest BCUT2D eigenvalue weighted by Crippen LogP contribution is 2.57. The molecule has 0 aromatic heterocycles. The first-order valence-electron chi connectivity index (χ1n) is 12.6. The van der Waals surface area contributed by atoms with Gasteiger partial charge in [0.25, 0.3) is 0 Å². The van der Waals surface area contributed by atoms with Gasteiger partial charge in [0, 0.05) is 24.1 Å². The predicted octanol–water partition coefficient (Wildman–Crippen LogP) is 4.15. The van der Waals surface area contributed by atoms with E-state index in [0.29, 0.717) is 47.2 Å². The van der Waals surface area contributed by atoms with Crippen LogP contribution in [0, 0.1) is 0 Å². The Labute approximate surface area is 221 Å². The average molecular weight is 522 g/mol. The number of fused-ring (bicyclic) bond motifs is 2. The van der Waals surface area contributed by atoms with Crippen LogP contribution in [0.1, 0.15) is 30.0 Å². The Morgan fingerprint density at radius 3 is 2.50 bits per heavy atom. The smallest absolute Gasteiger partial charge is 0.342 e. The highest BCUT2D eigenvalue weighted by Gasteiger charge is 2.49. The van der Waals surface area contributed by atoms with Crippen molar-refractivity contribution in [3.63, 3.8) is 0 Å². The number of cyclic esters (lactones) is 1. The first kappa shape index (κ1) is 24.5. The second-order valence-electron chi connectivity index (χ2n) is 9.66. The van der Waals surface area contributed by atoms with Crippen LogP contribution in [0.5, 0.6) is 23.0 Å². The normalized spacial score (nSPS) is 22.2. The van der Waals surface area contributed by atoms with Crippen LogP contribution in [-0.2, 0) is 25.4 Å². The summed E-state index contributed by atoms with van der Waals surface area (Å²) in [6.07, 6.45) is 1.50. The van der Waals surface area contributed by atoms with E-state index in [0.717, 1.165) is 46.5 Å². The Bertz CT molecular complexity index is 1380. The number of esters is 1. The number of ether oxygens (including phenoxy) is 7. The lowest BCUT2D eigenvalue weighted by Gasteiger charge is -2.40. The van der Waals surface area contributed by atoms with E-state index in [9.17, 15) is 4.79 Å². The van der Waals surface area contributed by atoms with Crippen LogP contribution in [0.3, 0.4) is 0 Å². The molecule has 0 saturated carbocycles. The maximum atomic E-state index is 13.3. The molecule has 9 heteroatoms. The molecule has 0 saturated heterocycles. The monoisotopic (exact) mass is 521 g/mol. The van der Waals surface area contributed by atoms with Crippen LogP contribution in [0.2, 0.25) is 0 Å². The number of methoxy groups -OCH3 is 4. The quantitative estimate of drug-likeness (QED) is 0.521. The number of nitrogens with zero attached hydrogens (tertiary/aromatic N) is 1. The van der Waals surface area contributed by atoms with Gasteiger partial charge in [0.15, 0.2) is 17.3 Å². The molecular weight excluding hydrogens is 490 g/mol. The zero-order valence-corrected chi connectivity index (χ0v) is 22.2. The zero-order valence-electron chi connectivity index (χ0n) is 22.2. The van der Waals surface area contributed by atoms with E-state index in [1.54, 1.807) is 28.4 Å². The summed E-state index contributed by atoms with van der Waals surface area (Å²) in [5, 5.41) is 0. The summed E-state index contributed by atoms with van der Waals surface area (Å²) in [4.78, 5) is 15.5. The van der Waals surface area contributed by atoms with Crippen LogP contribution < -0.4 is 18.9 Å². The maximum absolute atomic E-state index is 13.3. The fraction of sp³-hybridized carbons (Fsp3) is 0.414. The molecule has 3 aliphatic heterocycles. The molecule has 2 aromatic rings. The van der Waals surface area contributed by atoms with Crippen LogP contribution in [-0.4, -0.2) is 65.8 Å².